The number of hydrogen-bond donors (Lipinski definition) is 0. The summed E-state index contributed by atoms with van der Waals surface area (Å²) in [7, 11) is 0. The molecule has 2 heterocycles. The molecule has 0 spiro atoms. The summed E-state index contributed by atoms with van der Waals surface area (Å²) in [5, 5.41) is 0. The van der Waals surface area contributed by atoms with Gasteiger partial charge in [-0.25, -0.2) is 4.99 Å². The first kappa shape index (κ1) is 19.4. The third-order valence-corrected chi connectivity index (χ3v) is 6.55. The maximum absolute atomic E-state index is 6.57. The molecule has 152 valence electrons. The van der Waals surface area contributed by atoms with Crippen LogP contribution in [0.3, 0.4) is 0 Å². The summed E-state index contributed by atoms with van der Waals surface area (Å²) in [5.74, 6) is 1.47. The van der Waals surface area contributed by atoms with Crippen LogP contribution in [-0.4, -0.2) is 31.4 Å². The van der Waals surface area contributed by atoms with Gasteiger partial charge in [0.25, 0.3) is 0 Å². The van der Waals surface area contributed by atoms with E-state index < -0.39 is 5.60 Å². The van der Waals surface area contributed by atoms with Crippen molar-refractivity contribution < 1.29 is 14.2 Å². The topological polar surface area (TPSA) is 40.0 Å². The van der Waals surface area contributed by atoms with Gasteiger partial charge in [0.1, 0.15) is 0 Å². The van der Waals surface area contributed by atoms with Crippen LogP contribution >= 0.6 is 11.8 Å². The predicted octanol–water partition coefficient (Wildman–Crippen LogP) is 5.20. The second-order valence-corrected chi connectivity index (χ2v) is 8.43. The standard InChI is InChI=1S/C25H23NO3S/c1-3-7-21(8-4-1)25(18-30-22-9-5-2-6-10-22)17-26-23(29-25)19-11-13-20(14-12-19)24-27-15-16-28-24/h1-14,24H,15-18H2. The minimum Gasteiger partial charge on any atom is -0.463 e. The van der Waals surface area contributed by atoms with Crippen LogP contribution in [0.1, 0.15) is 23.0 Å². The zero-order valence-electron chi connectivity index (χ0n) is 16.6. The Morgan fingerprint density at radius 2 is 1.50 bits per heavy atom. The van der Waals surface area contributed by atoms with Gasteiger partial charge < -0.3 is 14.2 Å². The highest BCUT2D eigenvalue weighted by atomic mass is 32.2. The van der Waals surface area contributed by atoms with Crippen LogP contribution in [0.5, 0.6) is 0 Å². The molecule has 30 heavy (non-hydrogen) atoms. The smallest absolute Gasteiger partial charge is 0.217 e. The first-order valence-electron chi connectivity index (χ1n) is 10.1. The molecule has 5 rings (SSSR count). The zero-order valence-corrected chi connectivity index (χ0v) is 17.4. The van der Waals surface area contributed by atoms with Gasteiger partial charge in [-0.15, -0.1) is 11.8 Å². The highest BCUT2D eigenvalue weighted by Gasteiger charge is 2.40. The molecular formula is C25H23NO3S. The Hall–Kier alpha value is -2.60. The molecule has 0 bridgehead atoms. The maximum atomic E-state index is 6.57. The summed E-state index contributed by atoms with van der Waals surface area (Å²) in [6, 6.07) is 28.9. The van der Waals surface area contributed by atoms with Gasteiger partial charge >= 0.3 is 0 Å². The second kappa shape index (κ2) is 8.64. The third kappa shape index (κ3) is 4.01. The van der Waals surface area contributed by atoms with E-state index in [1.807, 2.05) is 36.4 Å². The summed E-state index contributed by atoms with van der Waals surface area (Å²) in [6.07, 6.45) is -0.267. The van der Waals surface area contributed by atoms with E-state index in [1.54, 1.807) is 11.8 Å². The van der Waals surface area contributed by atoms with Crippen LogP contribution in [-0.2, 0) is 19.8 Å². The molecule has 3 aromatic carbocycles. The zero-order chi connectivity index (χ0) is 20.2. The molecule has 0 aliphatic carbocycles. The van der Waals surface area contributed by atoms with Gasteiger partial charge in [-0.2, -0.15) is 0 Å². The highest BCUT2D eigenvalue weighted by Crippen LogP contribution is 2.38. The van der Waals surface area contributed by atoms with Crippen LogP contribution in [0.2, 0.25) is 0 Å². The van der Waals surface area contributed by atoms with Crippen molar-refractivity contribution in [3.8, 4) is 0 Å². The van der Waals surface area contributed by atoms with Crippen LogP contribution in [0.25, 0.3) is 0 Å². The molecule has 1 fully saturated rings. The summed E-state index contributed by atoms with van der Waals surface area (Å²) in [6.45, 7) is 1.88. The fourth-order valence-corrected chi connectivity index (χ4v) is 4.77. The lowest BCUT2D eigenvalue weighted by molar-refractivity contribution is -0.0441. The number of ether oxygens (including phenoxy) is 3. The van der Waals surface area contributed by atoms with E-state index in [0.717, 1.165) is 22.4 Å². The highest BCUT2D eigenvalue weighted by molar-refractivity contribution is 7.99. The molecule has 4 nitrogen and oxygen atoms in total. The van der Waals surface area contributed by atoms with Crippen LogP contribution in [0.15, 0.2) is 94.8 Å². The Morgan fingerprint density at radius 3 is 2.20 bits per heavy atom. The van der Waals surface area contributed by atoms with E-state index >= 15 is 0 Å². The fraction of sp³-hybridized carbons (Fsp3) is 0.240. The Labute approximate surface area is 180 Å². The largest absolute Gasteiger partial charge is 0.463 e. The predicted molar refractivity (Wildman–Crippen MR) is 119 cm³/mol. The Bertz CT molecular complexity index is 1000. The quantitative estimate of drug-likeness (QED) is 0.517. The second-order valence-electron chi connectivity index (χ2n) is 7.38. The van der Waals surface area contributed by atoms with Crippen LogP contribution < -0.4 is 0 Å². The van der Waals surface area contributed by atoms with Gasteiger partial charge in [0.05, 0.1) is 19.8 Å². The molecular weight excluding hydrogens is 394 g/mol. The van der Waals surface area contributed by atoms with E-state index in [2.05, 4.69) is 48.5 Å². The van der Waals surface area contributed by atoms with Crippen molar-refractivity contribution in [3.05, 3.63) is 102 Å². The molecule has 3 aromatic rings. The average molecular weight is 418 g/mol. The van der Waals surface area contributed by atoms with Crippen molar-refractivity contribution >= 4 is 17.7 Å². The summed E-state index contributed by atoms with van der Waals surface area (Å²) in [5.41, 5.74) is 2.66. The Balaban J connectivity index is 1.36. The van der Waals surface area contributed by atoms with Crippen LogP contribution in [0, 0.1) is 0 Å². The maximum Gasteiger partial charge on any atom is 0.217 e. The lowest BCUT2D eigenvalue weighted by atomic mass is 9.96. The summed E-state index contributed by atoms with van der Waals surface area (Å²) >= 11 is 1.80. The third-order valence-electron chi connectivity index (χ3n) is 5.34. The molecule has 5 heteroatoms. The van der Waals surface area contributed by atoms with Gasteiger partial charge in [0, 0.05) is 21.8 Å². The van der Waals surface area contributed by atoms with E-state index in [9.17, 15) is 0 Å². The number of nitrogens with zero attached hydrogens (tertiary/aromatic N) is 1. The van der Waals surface area contributed by atoms with Crippen LogP contribution in [0.4, 0.5) is 0 Å². The van der Waals surface area contributed by atoms with E-state index in [4.69, 9.17) is 19.2 Å². The Morgan fingerprint density at radius 1 is 0.833 bits per heavy atom. The molecule has 0 amide bonds. The summed E-state index contributed by atoms with van der Waals surface area (Å²) < 4.78 is 17.7. The first-order valence-corrected chi connectivity index (χ1v) is 11.1. The first-order chi connectivity index (χ1) is 14.8. The minimum atomic E-state index is -0.479. The molecule has 1 atom stereocenters. The lowest BCUT2D eigenvalue weighted by Gasteiger charge is -2.29. The van der Waals surface area contributed by atoms with Crippen molar-refractivity contribution in [1.82, 2.24) is 0 Å². The molecule has 1 unspecified atom stereocenters. The number of hydrogen-bond acceptors (Lipinski definition) is 5. The molecule has 0 N–H and O–H groups in total. The molecule has 1 saturated heterocycles. The summed E-state index contributed by atoms with van der Waals surface area (Å²) in [4.78, 5) is 6.02. The van der Waals surface area contributed by atoms with Gasteiger partial charge in [0.15, 0.2) is 11.9 Å². The number of aliphatic imine (C=N–C) groups is 1. The van der Waals surface area contributed by atoms with E-state index in [1.165, 1.54) is 4.90 Å². The lowest BCUT2D eigenvalue weighted by Crippen LogP contribution is -2.33. The molecule has 0 radical (unpaired) electrons. The van der Waals surface area contributed by atoms with Crippen molar-refractivity contribution in [1.29, 1.82) is 0 Å². The SMILES string of the molecule is c1ccc(SCC2(c3ccccc3)CN=C(c3ccc(C4OCCO4)cc3)O2)cc1. The Kier molecular flexibility index (Phi) is 5.58. The van der Waals surface area contributed by atoms with Crippen molar-refractivity contribution in [2.75, 3.05) is 25.5 Å². The number of rotatable bonds is 6. The average Bonchev–Trinajstić information content (AvgIpc) is 3.51. The van der Waals surface area contributed by atoms with Gasteiger partial charge in [0.2, 0.25) is 5.90 Å². The van der Waals surface area contributed by atoms with Gasteiger partial charge in [-0.05, 0) is 29.8 Å². The number of benzene rings is 3. The van der Waals surface area contributed by atoms with Gasteiger partial charge in [-0.1, -0.05) is 60.7 Å². The monoisotopic (exact) mass is 417 g/mol. The molecule has 0 aromatic heterocycles. The van der Waals surface area contributed by atoms with E-state index in [-0.39, 0.29) is 6.29 Å². The van der Waals surface area contributed by atoms with Crippen molar-refractivity contribution in [3.63, 3.8) is 0 Å². The minimum absolute atomic E-state index is 0.267. The molecule has 0 saturated carbocycles. The normalized spacial score (nSPS) is 21.4. The number of thioether (sulfide) groups is 1. The van der Waals surface area contributed by atoms with Crippen molar-refractivity contribution in [2.45, 2.75) is 16.8 Å². The fourth-order valence-electron chi connectivity index (χ4n) is 3.70. The van der Waals surface area contributed by atoms with E-state index in [0.29, 0.717) is 25.7 Å². The molecule has 2 aliphatic heterocycles. The molecule has 2 aliphatic rings. The van der Waals surface area contributed by atoms with Gasteiger partial charge in [-0.3, -0.25) is 0 Å². The van der Waals surface area contributed by atoms with Crippen molar-refractivity contribution in [2.24, 2.45) is 4.99 Å².